The summed E-state index contributed by atoms with van der Waals surface area (Å²) in [7, 11) is 0. The van der Waals surface area contributed by atoms with Crippen LogP contribution in [0, 0.1) is 12.3 Å². The monoisotopic (exact) mass is 364 g/mol. The fourth-order valence-corrected chi connectivity index (χ4v) is 3.34. The van der Waals surface area contributed by atoms with Crippen molar-refractivity contribution in [3.63, 3.8) is 0 Å². The summed E-state index contributed by atoms with van der Waals surface area (Å²) in [6.45, 7) is 7.51. The number of hydrogen-bond acceptors (Lipinski definition) is 4. The smallest absolute Gasteiger partial charge is 0.290 e. The van der Waals surface area contributed by atoms with Gasteiger partial charge in [0, 0.05) is 11.6 Å². The summed E-state index contributed by atoms with van der Waals surface area (Å²) in [4.78, 5) is 31.8. The first kappa shape index (κ1) is 18.8. The Morgan fingerprint density at radius 1 is 1.15 bits per heavy atom. The van der Waals surface area contributed by atoms with Crippen molar-refractivity contribution in [1.29, 1.82) is 0 Å². The van der Waals surface area contributed by atoms with E-state index in [1.165, 1.54) is 4.90 Å². The van der Waals surface area contributed by atoms with Gasteiger partial charge < -0.3 is 10.0 Å². The molecule has 27 heavy (non-hydrogen) atoms. The molecule has 1 unspecified atom stereocenters. The van der Waals surface area contributed by atoms with Gasteiger partial charge in [0.2, 0.25) is 0 Å². The lowest BCUT2D eigenvalue weighted by Crippen LogP contribution is -2.33. The Labute approximate surface area is 159 Å². The Hall–Kier alpha value is -2.95. The fourth-order valence-electron chi connectivity index (χ4n) is 3.34. The molecule has 0 radical (unpaired) electrons. The van der Waals surface area contributed by atoms with Gasteiger partial charge in [-0.2, -0.15) is 0 Å². The Morgan fingerprint density at radius 2 is 1.81 bits per heavy atom. The van der Waals surface area contributed by atoms with Crippen LogP contribution >= 0.6 is 0 Å². The molecule has 0 saturated heterocycles. The molecule has 3 rings (SSSR count). The van der Waals surface area contributed by atoms with Gasteiger partial charge in [-0.3, -0.25) is 14.6 Å². The number of benzene rings is 1. The highest BCUT2D eigenvalue weighted by molar-refractivity contribution is 6.10. The molecule has 140 valence electrons. The highest BCUT2D eigenvalue weighted by Gasteiger charge is 2.46. The van der Waals surface area contributed by atoms with E-state index in [4.69, 9.17) is 0 Å². The predicted molar refractivity (Wildman–Crippen MR) is 103 cm³/mol. The average Bonchev–Trinajstić information content (AvgIpc) is 2.86. The lowest BCUT2D eigenvalue weighted by molar-refractivity contribution is -0.130. The summed E-state index contributed by atoms with van der Waals surface area (Å²) < 4.78 is 0. The highest BCUT2D eigenvalue weighted by atomic mass is 16.3. The molecule has 1 atom stereocenters. The molecule has 0 fully saturated rings. The standard InChI is InChI=1S/C22H24N2O3/c1-14-9-5-6-11-16(14)18-17(20(26)22(2,3)4)19(25)21(27)24(18)13-15-10-7-8-12-23-15/h5-12,18,25H,13H2,1-4H3. The quantitative estimate of drug-likeness (QED) is 0.893. The van der Waals surface area contributed by atoms with Gasteiger partial charge in [0.15, 0.2) is 11.5 Å². The molecule has 0 saturated carbocycles. The van der Waals surface area contributed by atoms with Crippen molar-refractivity contribution in [2.24, 2.45) is 5.41 Å². The van der Waals surface area contributed by atoms with E-state index in [9.17, 15) is 14.7 Å². The first-order valence-corrected chi connectivity index (χ1v) is 8.96. The molecular formula is C22H24N2O3. The number of Topliss-reactive ketones (excluding diaryl/α,β-unsaturated/α-hetero) is 1. The first-order valence-electron chi connectivity index (χ1n) is 8.96. The van der Waals surface area contributed by atoms with Crippen LogP contribution in [-0.2, 0) is 16.1 Å². The number of amides is 1. The molecule has 1 amide bonds. The molecule has 5 heteroatoms. The lowest BCUT2D eigenvalue weighted by Gasteiger charge is -2.29. The number of aliphatic hydroxyl groups is 1. The van der Waals surface area contributed by atoms with Crippen molar-refractivity contribution >= 4 is 11.7 Å². The topological polar surface area (TPSA) is 70.5 Å². The van der Waals surface area contributed by atoms with Crippen LogP contribution in [0.15, 0.2) is 60.0 Å². The number of carbonyl (C=O) groups is 2. The molecule has 1 aromatic carbocycles. The normalized spacial score (nSPS) is 17.6. The third kappa shape index (κ3) is 3.50. The van der Waals surface area contributed by atoms with Gasteiger partial charge in [0.05, 0.1) is 23.9 Å². The van der Waals surface area contributed by atoms with Crippen molar-refractivity contribution < 1.29 is 14.7 Å². The van der Waals surface area contributed by atoms with Crippen molar-refractivity contribution in [3.8, 4) is 0 Å². The zero-order valence-corrected chi connectivity index (χ0v) is 16.1. The summed E-state index contributed by atoms with van der Waals surface area (Å²) in [5, 5.41) is 10.6. The van der Waals surface area contributed by atoms with E-state index in [2.05, 4.69) is 4.98 Å². The van der Waals surface area contributed by atoms with Crippen LogP contribution in [0.25, 0.3) is 0 Å². The maximum absolute atomic E-state index is 13.1. The fraction of sp³-hybridized carbons (Fsp3) is 0.318. The van der Waals surface area contributed by atoms with Gasteiger partial charge in [-0.05, 0) is 30.2 Å². The summed E-state index contributed by atoms with van der Waals surface area (Å²) in [5.74, 6) is -1.23. The Balaban J connectivity index is 2.13. The number of aliphatic hydroxyl groups excluding tert-OH is 1. The van der Waals surface area contributed by atoms with Gasteiger partial charge in [0.25, 0.3) is 5.91 Å². The van der Waals surface area contributed by atoms with E-state index >= 15 is 0 Å². The van der Waals surface area contributed by atoms with Crippen LogP contribution in [0.4, 0.5) is 0 Å². The molecule has 0 bridgehead atoms. The lowest BCUT2D eigenvalue weighted by atomic mass is 9.81. The van der Waals surface area contributed by atoms with E-state index in [0.29, 0.717) is 5.69 Å². The summed E-state index contributed by atoms with van der Waals surface area (Å²) >= 11 is 0. The number of aromatic nitrogens is 1. The molecule has 1 aliphatic heterocycles. The maximum Gasteiger partial charge on any atom is 0.290 e. The SMILES string of the molecule is Cc1ccccc1C1C(C(=O)C(C)(C)C)=C(O)C(=O)N1Cc1ccccn1. The van der Waals surface area contributed by atoms with E-state index in [0.717, 1.165) is 11.1 Å². The molecule has 2 heterocycles. The van der Waals surface area contributed by atoms with Gasteiger partial charge in [-0.1, -0.05) is 51.1 Å². The number of ketones is 1. The van der Waals surface area contributed by atoms with Crippen molar-refractivity contribution in [2.45, 2.75) is 40.3 Å². The largest absolute Gasteiger partial charge is 0.503 e. The van der Waals surface area contributed by atoms with E-state index < -0.39 is 23.1 Å². The summed E-state index contributed by atoms with van der Waals surface area (Å²) in [6.07, 6.45) is 1.66. The Morgan fingerprint density at radius 3 is 2.41 bits per heavy atom. The summed E-state index contributed by atoms with van der Waals surface area (Å²) in [5.41, 5.74) is 1.93. The Bertz CT molecular complexity index is 911. The van der Waals surface area contributed by atoms with Crippen LogP contribution in [0.1, 0.15) is 43.6 Å². The number of hydrogen-bond donors (Lipinski definition) is 1. The van der Waals surface area contributed by atoms with Crippen molar-refractivity contribution in [1.82, 2.24) is 9.88 Å². The molecule has 1 aromatic heterocycles. The molecule has 5 nitrogen and oxygen atoms in total. The van der Waals surface area contributed by atoms with E-state index in [1.807, 2.05) is 43.3 Å². The number of pyridine rings is 1. The zero-order chi connectivity index (χ0) is 19.8. The summed E-state index contributed by atoms with van der Waals surface area (Å²) in [6, 6.07) is 12.5. The minimum Gasteiger partial charge on any atom is -0.503 e. The van der Waals surface area contributed by atoms with Crippen LogP contribution < -0.4 is 0 Å². The highest BCUT2D eigenvalue weighted by Crippen LogP contribution is 2.42. The zero-order valence-electron chi connectivity index (χ0n) is 16.1. The van der Waals surface area contributed by atoms with Crippen molar-refractivity contribution in [3.05, 3.63) is 76.8 Å². The van der Waals surface area contributed by atoms with Gasteiger partial charge in [0.1, 0.15) is 0 Å². The molecule has 1 aliphatic rings. The molecule has 1 N–H and O–H groups in total. The maximum atomic E-state index is 13.1. The number of carbonyl (C=O) groups excluding carboxylic acids is 2. The van der Waals surface area contributed by atoms with Crippen LogP contribution in [0.5, 0.6) is 0 Å². The van der Waals surface area contributed by atoms with Gasteiger partial charge in [-0.25, -0.2) is 0 Å². The van der Waals surface area contributed by atoms with Crippen molar-refractivity contribution in [2.75, 3.05) is 0 Å². The van der Waals surface area contributed by atoms with E-state index in [1.54, 1.807) is 33.0 Å². The van der Waals surface area contributed by atoms with Crippen LogP contribution in [0.3, 0.4) is 0 Å². The van der Waals surface area contributed by atoms with Gasteiger partial charge in [-0.15, -0.1) is 0 Å². The average molecular weight is 364 g/mol. The minimum atomic E-state index is -0.717. The second-order valence-corrected chi connectivity index (χ2v) is 7.85. The number of nitrogens with zero attached hydrogens (tertiary/aromatic N) is 2. The number of aryl methyl sites for hydroxylation is 1. The van der Waals surface area contributed by atoms with E-state index in [-0.39, 0.29) is 17.9 Å². The molecule has 0 aliphatic carbocycles. The predicted octanol–water partition coefficient (Wildman–Crippen LogP) is 3.90. The first-order chi connectivity index (χ1) is 12.7. The van der Waals surface area contributed by atoms with Gasteiger partial charge >= 0.3 is 0 Å². The third-order valence-electron chi connectivity index (χ3n) is 4.77. The molecule has 0 spiro atoms. The minimum absolute atomic E-state index is 0.165. The molecule has 2 aromatic rings. The second kappa shape index (κ2) is 6.99. The third-order valence-corrected chi connectivity index (χ3v) is 4.77. The van der Waals surface area contributed by atoms with Crippen LogP contribution in [0.2, 0.25) is 0 Å². The molecular weight excluding hydrogens is 340 g/mol. The second-order valence-electron chi connectivity index (χ2n) is 7.85. The number of rotatable bonds is 4. The Kier molecular flexibility index (Phi) is 4.87. The van der Waals surface area contributed by atoms with Crippen LogP contribution in [-0.4, -0.2) is 26.7 Å².